The minimum Gasteiger partial charge on any atom is -0.378 e. The van der Waals surface area contributed by atoms with Crippen LogP contribution in [-0.4, -0.2) is 56.0 Å². The Morgan fingerprint density at radius 3 is 2.53 bits per heavy atom. The molecule has 1 aromatic heterocycles. The van der Waals surface area contributed by atoms with Crippen LogP contribution < -0.4 is 0 Å². The zero-order chi connectivity index (χ0) is 26.1. The van der Waals surface area contributed by atoms with Crippen LogP contribution in [0.5, 0.6) is 0 Å². The molecule has 1 N–H and O–H groups in total. The highest BCUT2D eigenvalue weighted by Gasteiger charge is 2.50. The first-order valence-corrected chi connectivity index (χ1v) is 13.1. The summed E-state index contributed by atoms with van der Waals surface area (Å²) in [6.07, 6.45) is 2.38. The molecule has 6 rings (SSSR count). The Kier molecular flexibility index (Phi) is 6.33. The van der Waals surface area contributed by atoms with Crippen LogP contribution in [0.1, 0.15) is 37.3 Å². The Labute approximate surface area is 221 Å². The molecule has 1 saturated heterocycles. The Balaban J connectivity index is 1.32. The van der Waals surface area contributed by atoms with Crippen molar-refractivity contribution >= 4 is 11.7 Å². The fraction of sp³-hybridized carbons (Fsp3) is 0.300. The molecule has 1 atom stereocenters. The van der Waals surface area contributed by atoms with Gasteiger partial charge in [0.2, 0.25) is 0 Å². The molecule has 3 aromatic carbocycles. The molecule has 1 unspecified atom stereocenters. The van der Waals surface area contributed by atoms with E-state index in [0.717, 1.165) is 52.1 Å². The second-order valence-electron chi connectivity index (χ2n) is 10.1. The number of carbonyl (C=O) groups is 1. The van der Waals surface area contributed by atoms with Gasteiger partial charge in [-0.15, -0.1) is 5.10 Å². The molecule has 8 nitrogen and oxygen atoms in total. The third-order valence-electron chi connectivity index (χ3n) is 7.35. The molecule has 3 heterocycles. The van der Waals surface area contributed by atoms with Crippen LogP contribution in [0, 0.1) is 6.92 Å². The normalized spacial score (nSPS) is 18.9. The molecule has 4 aromatic rings. The van der Waals surface area contributed by atoms with Crippen LogP contribution in [-0.2, 0) is 16.1 Å². The second-order valence-corrected chi connectivity index (χ2v) is 10.1. The van der Waals surface area contributed by atoms with Crippen LogP contribution in [0.2, 0.25) is 0 Å². The van der Waals surface area contributed by atoms with Crippen molar-refractivity contribution in [1.29, 1.82) is 0 Å². The fourth-order valence-corrected chi connectivity index (χ4v) is 5.35. The first-order valence-electron chi connectivity index (χ1n) is 13.1. The Morgan fingerprint density at radius 1 is 1.00 bits per heavy atom. The number of tetrazole rings is 1. The van der Waals surface area contributed by atoms with E-state index in [1.165, 1.54) is 5.56 Å². The number of hydrogen-bond donors (Lipinski definition) is 1. The maximum absolute atomic E-state index is 13.4. The van der Waals surface area contributed by atoms with Crippen molar-refractivity contribution in [2.45, 2.75) is 45.2 Å². The summed E-state index contributed by atoms with van der Waals surface area (Å²) in [7, 11) is 0. The summed E-state index contributed by atoms with van der Waals surface area (Å²) in [5.41, 5.74) is 6.83. The number of aliphatic imine (C=N–C) groups is 1. The Hall–Kier alpha value is -4.17. The largest absolute Gasteiger partial charge is 0.378 e. The zero-order valence-electron chi connectivity index (χ0n) is 21.6. The SMILES string of the molecule is CCCC1=NC2(CCOC2)C(=O)N1Cc1ccc(-c2cc(-c3cccc(C)c3)ccc2-c2nnn[nH]2)cc1. The summed E-state index contributed by atoms with van der Waals surface area (Å²) in [5, 5.41) is 14.6. The highest BCUT2D eigenvalue weighted by atomic mass is 16.5. The first kappa shape index (κ1) is 24.2. The summed E-state index contributed by atoms with van der Waals surface area (Å²) >= 11 is 0. The van der Waals surface area contributed by atoms with Gasteiger partial charge in [0.25, 0.3) is 5.91 Å². The third kappa shape index (κ3) is 4.41. The summed E-state index contributed by atoms with van der Waals surface area (Å²) in [5.74, 6) is 1.55. The number of rotatable bonds is 7. The number of ether oxygens (including phenoxy) is 1. The third-order valence-corrected chi connectivity index (χ3v) is 7.35. The van der Waals surface area contributed by atoms with E-state index in [-0.39, 0.29) is 5.91 Å². The number of hydrogen-bond acceptors (Lipinski definition) is 6. The number of carbonyl (C=O) groups excluding carboxylic acids is 1. The standard InChI is InChI=1S/C30H30N6O2/c1-3-5-27-31-30(14-15-38-19-30)29(37)36(27)18-21-8-10-22(11-9-21)26-17-24(23-7-4-6-20(2)16-23)12-13-25(26)28-32-34-35-33-28/h4,6-13,16-17H,3,5,14-15,18-19H2,1-2H3,(H,32,33,34,35). The molecule has 0 radical (unpaired) electrons. The lowest BCUT2D eigenvalue weighted by atomic mass is 9.93. The van der Waals surface area contributed by atoms with Gasteiger partial charge >= 0.3 is 0 Å². The van der Waals surface area contributed by atoms with Gasteiger partial charge in [-0.1, -0.05) is 67.1 Å². The quantitative estimate of drug-likeness (QED) is 0.371. The topological polar surface area (TPSA) is 96.4 Å². The van der Waals surface area contributed by atoms with Crippen molar-refractivity contribution in [3.63, 3.8) is 0 Å². The van der Waals surface area contributed by atoms with E-state index in [9.17, 15) is 4.79 Å². The molecule has 1 spiro atoms. The minimum atomic E-state index is -0.722. The van der Waals surface area contributed by atoms with Gasteiger partial charge in [-0.25, -0.2) is 5.10 Å². The van der Waals surface area contributed by atoms with Crippen LogP contribution in [0.4, 0.5) is 0 Å². The highest BCUT2D eigenvalue weighted by Crippen LogP contribution is 2.36. The van der Waals surface area contributed by atoms with Gasteiger partial charge in [-0.3, -0.25) is 14.7 Å². The smallest absolute Gasteiger partial charge is 0.258 e. The number of nitrogens with one attached hydrogen (secondary N) is 1. The average molecular weight is 507 g/mol. The molecule has 0 saturated carbocycles. The van der Waals surface area contributed by atoms with Crippen LogP contribution >= 0.6 is 0 Å². The molecule has 1 amide bonds. The molecule has 38 heavy (non-hydrogen) atoms. The number of benzene rings is 3. The van der Waals surface area contributed by atoms with E-state index in [1.54, 1.807) is 0 Å². The molecule has 2 aliphatic rings. The summed E-state index contributed by atoms with van der Waals surface area (Å²) in [6, 6.07) is 23.2. The van der Waals surface area contributed by atoms with Crippen molar-refractivity contribution in [1.82, 2.24) is 25.5 Å². The number of aryl methyl sites for hydroxylation is 1. The van der Waals surface area contributed by atoms with E-state index in [0.29, 0.717) is 32.0 Å². The van der Waals surface area contributed by atoms with Crippen molar-refractivity contribution < 1.29 is 9.53 Å². The van der Waals surface area contributed by atoms with Gasteiger partial charge < -0.3 is 4.74 Å². The summed E-state index contributed by atoms with van der Waals surface area (Å²) in [6.45, 7) is 5.68. The van der Waals surface area contributed by atoms with Gasteiger partial charge in [-0.05, 0) is 63.7 Å². The van der Waals surface area contributed by atoms with E-state index in [1.807, 2.05) is 4.90 Å². The predicted octanol–water partition coefficient (Wildman–Crippen LogP) is 5.21. The minimum absolute atomic E-state index is 0.0634. The van der Waals surface area contributed by atoms with Crippen molar-refractivity contribution in [3.8, 4) is 33.6 Å². The molecule has 0 aliphatic carbocycles. The van der Waals surface area contributed by atoms with Crippen molar-refractivity contribution in [2.24, 2.45) is 4.99 Å². The van der Waals surface area contributed by atoms with Crippen LogP contribution in [0.25, 0.3) is 33.6 Å². The maximum atomic E-state index is 13.4. The van der Waals surface area contributed by atoms with E-state index in [2.05, 4.69) is 101 Å². The zero-order valence-corrected chi connectivity index (χ0v) is 21.6. The van der Waals surface area contributed by atoms with Gasteiger partial charge in [-0.2, -0.15) is 0 Å². The second kappa shape index (κ2) is 9.95. The molecule has 1 fully saturated rings. The summed E-state index contributed by atoms with van der Waals surface area (Å²) in [4.78, 5) is 20.1. The highest BCUT2D eigenvalue weighted by molar-refractivity contribution is 6.08. The average Bonchev–Trinajstić information content (AvgIpc) is 3.69. The molecule has 8 heteroatoms. The van der Waals surface area contributed by atoms with Crippen LogP contribution in [0.15, 0.2) is 71.7 Å². The molecular weight excluding hydrogens is 476 g/mol. The van der Waals surface area contributed by atoms with Gasteiger partial charge in [0, 0.05) is 25.0 Å². The van der Waals surface area contributed by atoms with E-state index >= 15 is 0 Å². The molecule has 192 valence electrons. The van der Waals surface area contributed by atoms with Crippen molar-refractivity contribution in [3.05, 3.63) is 77.9 Å². The Bertz CT molecular complexity index is 1490. The number of amides is 1. The number of amidine groups is 1. The molecule has 0 bridgehead atoms. The number of nitrogens with zero attached hydrogens (tertiary/aromatic N) is 5. The first-order chi connectivity index (χ1) is 18.6. The lowest BCUT2D eigenvalue weighted by molar-refractivity contribution is -0.131. The van der Waals surface area contributed by atoms with Gasteiger partial charge in [0.15, 0.2) is 11.4 Å². The predicted molar refractivity (Wildman–Crippen MR) is 146 cm³/mol. The van der Waals surface area contributed by atoms with E-state index < -0.39 is 5.54 Å². The van der Waals surface area contributed by atoms with E-state index in [4.69, 9.17) is 9.73 Å². The van der Waals surface area contributed by atoms with Gasteiger partial charge in [0.05, 0.1) is 13.2 Å². The maximum Gasteiger partial charge on any atom is 0.258 e. The van der Waals surface area contributed by atoms with Crippen molar-refractivity contribution in [2.75, 3.05) is 13.2 Å². The van der Waals surface area contributed by atoms with Crippen LogP contribution in [0.3, 0.4) is 0 Å². The number of aromatic nitrogens is 4. The number of H-pyrrole nitrogens is 1. The monoisotopic (exact) mass is 506 g/mol. The lowest BCUT2D eigenvalue weighted by Gasteiger charge is -2.22. The molecule has 2 aliphatic heterocycles. The fourth-order valence-electron chi connectivity index (χ4n) is 5.35. The molecular formula is C30H30N6O2. The summed E-state index contributed by atoms with van der Waals surface area (Å²) < 4.78 is 5.56. The lowest BCUT2D eigenvalue weighted by Crippen LogP contribution is -2.42. The van der Waals surface area contributed by atoms with Gasteiger partial charge in [0.1, 0.15) is 5.84 Å². The Morgan fingerprint density at radius 2 is 1.82 bits per heavy atom. The number of aromatic amines is 1.